The van der Waals surface area contributed by atoms with Crippen molar-refractivity contribution in [1.82, 2.24) is 15.3 Å². The summed E-state index contributed by atoms with van der Waals surface area (Å²) in [7, 11) is 0. The van der Waals surface area contributed by atoms with Gasteiger partial charge in [-0.3, -0.25) is 4.79 Å². The monoisotopic (exact) mass is 389 g/mol. The van der Waals surface area contributed by atoms with E-state index in [4.69, 9.17) is 0 Å². The summed E-state index contributed by atoms with van der Waals surface area (Å²) in [6.07, 6.45) is 8.05. The van der Waals surface area contributed by atoms with Crippen LogP contribution in [0.3, 0.4) is 0 Å². The summed E-state index contributed by atoms with van der Waals surface area (Å²) < 4.78 is 0. The van der Waals surface area contributed by atoms with Gasteiger partial charge in [0.2, 0.25) is 5.95 Å². The van der Waals surface area contributed by atoms with Gasteiger partial charge < -0.3 is 10.6 Å². The van der Waals surface area contributed by atoms with Gasteiger partial charge >= 0.3 is 5.78 Å². The minimum atomic E-state index is 0.0775. The standard InChI is InChI=1S/C24H28N4O/c1-17-14-18(8-9-22(17)29)10-12-25-23-26-13-11-21(28-23)20-7-5-6-19(15-20)16-27-24(2,3)4/h5-9,11,13-15,27H,1,10,12,16H2,2-4H3,(H,25,26,28)/p+1. The molecule has 3 rings (SSSR count). The van der Waals surface area contributed by atoms with Crippen LogP contribution in [-0.4, -0.2) is 32.6 Å². The van der Waals surface area contributed by atoms with Gasteiger partial charge in [-0.25, -0.2) is 9.97 Å². The van der Waals surface area contributed by atoms with E-state index < -0.39 is 0 Å². The summed E-state index contributed by atoms with van der Waals surface area (Å²) in [5, 5.41) is 6.79. The molecule has 0 bridgehead atoms. The fraction of sp³-hybridized carbons (Fsp3) is 0.292. The third kappa shape index (κ3) is 6.22. The number of hydrogen-bond donors (Lipinski definition) is 2. The van der Waals surface area contributed by atoms with E-state index in [9.17, 15) is 4.79 Å². The van der Waals surface area contributed by atoms with Gasteiger partial charge in [0.1, 0.15) is 0 Å². The molecule has 1 aromatic heterocycles. The second kappa shape index (κ2) is 8.97. The third-order valence-electron chi connectivity index (χ3n) is 4.54. The Kier molecular flexibility index (Phi) is 6.39. The number of aromatic nitrogens is 2. The second-order valence-corrected chi connectivity index (χ2v) is 8.21. The minimum Gasteiger partial charge on any atom is -0.354 e. The topological polar surface area (TPSA) is 71.2 Å². The first-order valence-corrected chi connectivity index (χ1v) is 9.85. The molecule has 0 unspecified atom stereocenters. The number of anilines is 1. The minimum absolute atomic E-state index is 0.0775. The molecule has 0 aliphatic heterocycles. The number of hydrogen-bond acceptors (Lipinski definition) is 4. The molecule has 0 saturated carbocycles. The molecule has 0 atom stereocenters. The van der Waals surface area contributed by atoms with Crippen molar-refractivity contribution in [1.29, 1.82) is 0 Å². The number of nitrogens with zero attached hydrogens (tertiary/aromatic N) is 2. The Morgan fingerprint density at radius 3 is 2.72 bits per heavy atom. The van der Waals surface area contributed by atoms with Crippen LogP contribution in [0.5, 0.6) is 0 Å². The maximum absolute atomic E-state index is 9.58. The highest BCUT2D eigenvalue weighted by atomic mass is 16.1. The number of benzene rings is 1. The van der Waals surface area contributed by atoms with Crippen molar-refractivity contribution in [2.75, 3.05) is 11.9 Å². The molecule has 0 saturated heterocycles. The Morgan fingerprint density at radius 2 is 1.97 bits per heavy atom. The molecule has 29 heavy (non-hydrogen) atoms. The van der Waals surface area contributed by atoms with Crippen LogP contribution in [0.1, 0.15) is 32.8 Å². The molecule has 3 N–H and O–H groups in total. The summed E-state index contributed by atoms with van der Waals surface area (Å²) in [5.41, 5.74) is 5.02. The number of allylic oxidation sites excluding steroid dienone is 4. The lowest BCUT2D eigenvalue weighted by Gasteiger charge is -2.20. The van der Waals surface area contributed by atoms with Crippen molar-refractivity contribution in [3.8, 4) is 11.3 Å². The van der Waals surface area contributed by atoms with E-state index >= 15 is 0 Å². The summed E-state index contributed by atoms with van der Waals surface area (Å²) in [6.45, 7) is 11.8. The highest BCUT2D eigenvalue weighted by Gasteiger charge is 2.13. The highest BCUT2D eigenvalue weighted by molar-refractivity contribution is 6.08. The van der Waals surface area contributed by atoms with Crippen molar-refractivity contribution in [2.24, 2.45) is 0 Å². The molecule has 0 spiro atoms. The first-order chi connectivity index (χ1) is 13.8. The molecule has 5 nitrogen and oxygen atoms in total. The van der Waals surface area contributed by atoms with Crippen LogP contribution in [0, 0.1) is 0 Å². The lowest BCUT2D eigenvalue weighted by atomic mass is 10.0. The zero-order valence-corrected chi connectivity index (χ0v) is 17.4. The molecule has 0 fully saturated rings. The normalized spacial score (nSPS) is 14.1. The molecule has 1 aliphatic rings. The van der Waals surface area contributed by atoms with Crippen molar-refractivity contribution < 1.29 is 4.79 Å². The molecular weight excluding hydrogens is 360 g/mol. The van der Waals surface area contributed by atoms with Crippen LogP contribution < -0.4 is 10.6 Å². The quantitative estimate of drug-likeness (QED) is 0.543. The van der Waals surface area contributed by atoms with Crippen molar-refractivity contribution >= 4 is 11.7 Å². The zero-order valence-electron chi connectivity index (χ0n) is 17.4. The van der Waals surface area contributed by atoms with Gasteiger partial charge in [0, 0.05) is 36.5 Å². The molecule has 1 heterocycles. The fourth-order valence-corrected chi connectivity index (χ4v) is 2.93. The number of ketones is 1. The first-order valence-electron chi connectivity index (χ1n) is 9.85. The van der Waals surface area contributed by atoms with E-state index in [0.29, 0.717) is 18.1 Å². The van der Waals surface area contributed by atoms with Crippen LogP contribution in [0.25, 0.3) is 11.3 Å². The summed E-state index contributed by atoms with van der Waals surface area (Å²) in [5.74, 6) is 0.826. The molecule has 0 amide bonds. The second-order valence-electron chi connectivity index (χ2n) is 8.21. The fourth-order valence-electron chi connectivity index (χ4n) is 2.93. The summed E-state index contributed by atoms with van der Waals surface area (Å²) in [4.78, 5) is 18.6. The number of rotatable bonds is 7. The highest BCUT2D eigenvalue weighted by Crippen LogP contribution is 2.20. The SMILES string of the molecule is C=C1C=C(CCNc2nccc(-c3cccc(CNC(C)(C)C)c3)n2)C=CC1=[OH+]. The first kappa shape index (κ1) is 20.7. The lowest BCUT2D eigenvalue weighted by Crippen LogP contribution is -2.35. The Balaban J connectivity index is 1.62. The van der Waals surface area contributed by atoms with Gasteiger partial charge in [-0.05, 0) is 62.6 Å². The molecule has 2 aromatic rings. The van der Waals surface area contributed by atoms with Crippen LogP contribution in [0.15, 0.2) is 72.5 Å². The molecule has 5 heteroatoms. The molecule has 1 aliphatic carbocycles. The Bertz CT molecular complexity index is 967. The molecular formula is C24H29N4O+. The predicted molar refractivity (Wildman–Crippen MR) is 120 cm³/mol. The van der Waals surface area contributed by atoms with Gasteiger partial charge in [-0.1, -0.05) is 24.8 Å². The molecule has 150 valence electrons. The van der Waals surface area contributed by atoms with Crippen LogP contribution in [0.2, 0.25) is 0 Å². The molecule has 0 radical (unpaired) electrons. The zero-order chi connectivity index (χ0) is 20.9. The van der Waals surface area contributed by atoms with Gasteiger partial charge in [0.15, 0.2) is 0 Å². The average molecular weight is 390 g/mol. The Labute approximate surface area is 172 Å². The van der Waals surface area contributed by atoms with Crippen molar-refractivity contribution in [2.45, 2.75) is 39.3 Å². The summed E-state index contributed by atoms with van der Waals surface area (Å²) in [6, 6.07) is 10.3. The Morgan fingerprint density at radius 1 is 1.14 bits per heavy atom. The maximum atomic E-state index is 9.58. The maximum Gasteiger partial charge on any atom is 0.346 e. The van der Waals surface area contributed by atoms with E-state index in [1.165, 1.54) is 5.56 Å². The number of nitrogens with one attached hydrogen (secondary N) is 2. The largest absolute Gasteiger partial charge is 0.354 e. The third-order valence-corrected chi connectivity index (χ3v) is 4.54. The smallest absolute Gasteiger partial charge is 0.346 e. The average Bonchev–Trinajstić information content (AvgIpc) is 2.69. The van der Waals surface area contributed by atoms with Crippen LogP contribution >= 0.6 is 0 Å². The van der Waals surface area contributed by atoms with Gasteiger partial charge in [0.05, 0.1) is 11.3 Å². The van der Waals surface area contributed by atoms with E-state index in [0.717, 1.165) is 29.8 Å². The van der Waals surface area contributed by atoms with Gasteiger partial charge in [-0.15, -0.1) is 0 Å². The summed E-state index contributed by atoms with van der Waals surface area (Å²) >= 11 is 0. The Hall–Kier alpha value is -3.05. The van der Waals surface area contributed by atoms with Gasteiger partial charge in [-0.2, -0.15) is 0 Å². The lowest BCUT2D eigenvalue weighted by molar-refractivity contribution is 0.424. The van der Waals surface area contributed by atoms with Crippen LogP contribution in [0.4, 0.5) is 5.95 Å². The van der Waals surface area contributed by atoms with Crippen molar-refractivity contribution in [3.63, 3.8) is 0 Å². The predicted octanol–water partition coefficient (Wildman–Crippen LogP) is 4.43. The van der Waals surface area contributed by atoms with E-state index in [1.54, 1.807) is 12.3 Å². The van der Waals surface area contributed by atoms with E-state index in [2.05, 4.69) is 72.2 Å². The van der Waals surface area contributed by atoms with E-state index in [-0.39, 0.29) is 11.3 Å². The van der Waals surface area contributed by atoms with Gasteiger partial charge in [0.25, 0.3) is 0 Å². The van der Waals surface area contributed by atoms with Crippen molar-refractivity contribution in [3.05, 3.63) is 78.0 Å². The van der Waals surface area contributed by atoms with Crippen LogP contribution in [-0.2, 0) is 6.54 Å². The van der Waals surface area contributed by atoms with E-state index in [1.807, 2.05) is 18.2 Å². The number of carbonyl (C=O) groups excluding carboxylic acids is 1. The molecule has 1 aromatic carbocycles.